The minimum atomic E-state index is -0.247. The molecule has 188 valence electrons. The van der Waals surface area contributed by atoms with Crippen LogP contribution in [0.2, 0.25) is 0 Å². The van der Waals surface area contributed by atoms with Gasteiger partial charge in [-0.15, -0.1) is 0 Å². The van der Waals surface area contributed by atoms with Crippen LogP contribution in [0.5, 0.6) is 0 Å². The summed E-state index contributed by atoms with van der Waals surface area (Å²) in [6.07, 6.45) is 7.76. The second-order valence-electron chi connectivity index (χ2n) is 9.22. The Kier molecular flexibility index (Phi) is 6.63. The molecule has 1 fully saturated rings. The summed E-state index contributed by atoms with van der Waals surface area (Å²) in [4.78, 5) is 37.3. The van der Waals surface area contributed by atoms with Crippen molar-refractivity contribution in [2.45, 2.75) is 44.7 Å². The molecule has 1 saturated carbocycles. The number of hydrogen-bond donors (Lipinski definition) is 3. The third-order valence-corrected chi connectivity index (χ3v) is 6.67. The summed E-state index contributed by atoms with van der Waals surface area (Å²) in [5.41, 5.74) is 9.94. The summed E-state index contributed by atoms with van der Waals surface area (Å²) in [5, 5.41) is 11.4. The van der Waals surface area contributed by atoms with E-state index in [0.29, 0.717) is 33.9 Å². The van der Waals surface area contributed by atoms with E-state index in [2.05, 4.69) is 32.2 Å². The van der Waals surface area contributed by atoms with Crippen LogP contribution in [-0.4, -0.2) is 42.6 Å². The highest BCUT2D eigenvalue weighted by molar-refractivity contribution is 6.04. The van der Waals surface area contributed by atoms with Crippen LogP contribution in [0.3, 0.4) is 0 Å². The van der Waals surface area contributed by atoms with E-state index in [0.717, 1.165) is 36.8 Å². The molecular formula is C27H28N8O2. The molecule has 0 unspecified atom stereocenters. The second-order valence-corrected chi connectivity index (χ2v) is 9.22. The number of aromatic nitrogens is 5. The maximum absolute atomic E-state index is 12.7. The van der Waals surface area contributed by atoms with Gasteiger partial charge in [0, 0.05) is 23.4 Å². The van der Waals surface area contributed by atoms with Gasteiger partial charge in [-0.1, -0.05) is 18.7 Å². The molecular weight excluding hydrogens is 468 g/mol. The molecule has 0 spiro atoms. The van der Waals surface area contributed by atoms with Crippen LogP contribution in [-0.2, 0) is 4.79 Å². The van der Waals surface area contributed by atoms with Crippen LogP contribution in [0, 0.1) is 6.92 Å². The number of fused-ring (bicyclic) bond motifs is 1. The highest BCUT2D eigenvalue weighted by atomic mass is 16.2. The average molecular weight is 497 g/mol. The Bertz CT molecular complexity index is 1470. The van der Waals surface area contributed by atoms with Crippen LogP contribution in [0.1, 0.15) is 47.6 Å². The Hall–Kier alpha value is -4.60. The van der Waals surface area contributed by atoms with E-state index in [-0.39, 0.29) is 23.9 Å². The summed E-state index contributed by atoms with van der Waals surface area (Å²) in [5.74, 6) is 0.458. The number of nitrogens with two attached hydrogens (primary N) is 1. The van der Waals surface area contributed by atoms with Crippen LogP contribution in [0.4, 0.5) is 11.6 Å². The Labute approximate surface area is 214 Å². The van der Waals surface area contributed by atoms with Crippen molar-refractivity contribution in [2.75, 3.05) is 11.1 Å². The lowest BCUT2D eigenvalue weighted by Crippen LogP contribution is -2.37. The first kappa shape index (κ1) is 24.1. The van der Waals surface area contributed by atoms with Crippen molar-refractivity contribution in [1.82, 2.24) is 30.0 Å². The molecule has 1 aromatic carbocycles. The van der Waals surface area contributed by atoms with E-state index in [1.165, 1.54) is 12.4 Å². The van der Waals surface area contributed by atoms with Crippen molar-refractivity contribution in [1.29, 1.82) is 0 Å². The molecule has 37 heavy (non-hydrogen) atoms. The van der Waals surface area contributed by atoms with Gasteiger partial charge in [0.1, 0.15) is 23.7 Å². The molecule has 2 amide bonds. The maximum Gasteiger partial charge on any atom is 0.256 e. The van der Waals surface area contributed by atoms with E-state index in [9.17, 15) is 9.59 Å². The average Bonchev–Trinajstić information content (AvgIpc) is 3.30. The minimum absolute atomic E-state index is 0.120. The summed E-state index contributed by atoms with van der Waals surface area (Å²) in [6, 6.07) is 11.1. The zero-order valence-corrected chi connectivity index (χ0v) is 20.5. The molecule has 0 radical (unpaired) electrons. The standard InChI is InChI=1S/C27H28N8O2/c1-3-22(36)32-19-8-10-20(11-9-19)35-26-23(25(28)30-15-31-26)24(34-35)17-4-6-18(7-5-17)27(37)33-21-14-16(2)12-13-29-21/h3-7,12-15,19-20H,1,8-11H2,2H3,(H,32,36)(H2,28,30,31)(H,29,33,37). The fraction of sp³-hybridized carbons (Fsp3) is 0.259. The molecule has 10 nitrogen and oxygen atoms in total. The number of nitrogen functional groups attached to an aromatic ring is 1. The minimum Gasteiger partial charge on any atom is -0.383 e. The maximum atomic E-state index is 12.7. The summed E-state index contributed by atoms with van der Waals surface area (Å²) in [7, 11) is 0. The number of nitrogens with one attached hydrogen (secondary N) is 2. The summed E-state index contributed by atoms with van der Waals surface area (Å²) >= 11 is 0. The van der Waals surface area contributed by atoms with Gasteiger partial charge in [-0.25, -0.2) is 19.6 Å². The van der Waals surface area contributed by atoms with Gasteiger partial charge >= 0.3 is 0 Å². The topological polar surface area (TPSA) is 141 Å². The number of rotatable bonds is 6. The van der Waals surface area contributed by atoms with Gasteiger partial charge in [0.05, 0.1) is 11.4 Å². The number of benzene rings is 1. The number of hydrogen-bond acceptors (Lipinski definition) is 7. The highest BCUT2D eigenvalue weighted by Crippen LogP contribution is 2.36. The first-order valence-electron chi connectivity index (χ1n) is 12.2. The van der Waals surface area contributed by atoms with Crippen molar-refractivity contribution < 1.29 is 9.59 Å². The van der Waals surface area contributed by atoms with Crippen LogP contribution < -0.4 is 16.4 Å². The first-order valence-corrected chi connectivity index (χ1v) is 12.2. The predicted octanol–water partition coefficient (Wildman–Crippen LogP) is 3.82. The smallest absolute Gasteiger partial charge is 0.256 e. The van der Waals surface area contributed by atoms with Crippen LogP contribution in [0.25, 0.3) is 22.3 Å². The lowest BCUT2D eigenvalue weighted by molar-refractivity contribution is -0.117. The molecule has 4 N–H and O–H groups in total. The molecule has 4 aromatic rings. The van der Waals surface area contributed by atoms with Crippen molar-refractivity contribution in [3.63, 3.8) is 0 Å². The van der Waals surface area contributed by atoms with Crippen molar-refractivity contribution in [3.8, 4) is 11.3 Å². The summed E-state index contributed by atoms with van der Waals surface area (Å²) < 4.78 is 1.93. The fourth-order valence-corrected chi connectivity index (χ4v) is 4.75. The fourth-order valence-electron chi connectivity index (χ4n) is 4.75. The van der Waals surface area contributed by atoms with E-state index < -0.39 is 0 Å². The largest absolute Gasteiger partial charge is 0.383 e. The molecule has 0 bridgehead atoms. The van der Waals surface area contributed by atoms with E-state index in [4.69, 9.17) is 10.8 Å². The SMILES string of the molecule is C=CC(=O)NC1CCC(n2nc(-c3ccc(C(=O)Nc4cc(C)ccn4)cc3)c3c(N)ncnc32)CC1. The molecule has 0 saturated heterocycles. The van der Waals surface area contributed by atoms with Crippen LogP contribution >= 0.6 is 0 Å². The molecule has 3 heterocycles. The zero-order chi connectivity index (χ0) is 25.9. The molecule has 10 heteroatoms. The van der Waals surface area contributed by atoms with Crippen LogP contribution in [0.15, 0.2) is 61.6 Å². The number of carbonyl (C=O) groups is 2. The third kappa shape index (κ3) is 5.04. The van der Waals surface area contributed by atoms with Gasteiger partial charge in [-0.05, 0) is 68.5 Å². The first-order chi connectivity index (χ1) is 17.9. The number of pyridine rings is 1. The molecule has 0 atom stereocenters. The Morgan fingerprint density at radius 1 is 1.08 bits per heavy atom. The van der Waals surface area contributed by atoms with E-state index >= 15 is 0 Å². The highest BCUT2D eigenvalue weighted by Gasteiger charge is 2.27. The predicted molar refractivity (Wildman–Crippen MR) is 142 cm³/mol. The monoisotopic (exact) mass is 496 g/mol. The quantitative estimate of drug-likeness (QED) is 0.345. The number of amides is 2. The number of anilines is 2. The molecule has 0 aliphatic heterocycles. The van der Waals surface area contributed by atoms with Gasteiger partial charge in [0.2, 0.25) is 5.91 Å². The summed E-state index contributed by atoms with van der Waals surface area (Å²) in [6.45, 7) is 5.46. The van der Waals surface area contributed by atoms with Crippen molar-refractivity contribution >= 4 is 34.5 Å². The number of nitrogens with zero attached hydrogens (tertiary/aromatic N) is 5. The Morgan fingerprint density at radius 3 is 2.54 bits per heavy atom. The van der Waals surface area contributed by atoms with Gasteiger partial charge < -0.3 is 16.4 Å². The van der Waals surface area contributed by atoms with E-state index in [1.807, 2.05) is 35.9 Å². The molecule has 3 aromatic heterocycles. The van der Waals surface area contributed by atoms with Gasteiger partial charge in [-0.2, -0.15) is 5.10 Å². The number of carbonyl (C=O) groups excluding carboxylic acids is 2. The van der Waals surface area contributed by atoms with Gasteiger partial charge in [0.15, 0.2) is 5.65 Å². The van der Waals surface area contributed by atoms with Gasteiger partial charge in [-0.3, -0.25) is 9.59 Å². The lowest BCUT2D eigenvalue weighted by atomic mass is 9.91. The normalized spacial score (nSPS) is 17.3. The van der Waals surface area contributed by atoms with Gasteiger partial charge in [0.25, 0.3) is 5.91 Å². The second kappa shape index (κ2) is 10.2. The van der Waals surface area contributed by atoms with E-state index in [1.54, 1.807) is 18.3 Å². The Morgan fingerprint density at radius 2 is 1.84 bits per heavy atom. The third-order valence-electron chi connectivity index (χ3n) is 6.67. The molecule has 1 aliphatic rings. The molecule has 1 aliphatic carbocycles. The molecule has 5 rings (SSSR count). The zero-order valence-electron chi connectivity index (χ0n) is 20.5. The van der Waals surface area contributed by atoms with Crippen molar-refractivity contribution in [3.05, 3.63) is 72.7 Å². The van der Waals surface area contributed by atoms with Crippen molar-refractivity contribution in [2.24, 2.45) is 0 Å². The lowest BCUT2D eigenvalue weighted by Gasteiger charge is -2.29. The number of aryl methyl sites for hydroxylation is 1. The Balaban J connectivity index is 1.39.